The molecule has 0 N–H and O–H groups in total. The minimum atomic E-state index is -0.455. The van der Waals surface area contributed by atoms with Crippen LogP contribution < -0.4 is 15.2 Å². The van der Waals surface area contributed by atoms with E-state index >= 15 is 0 Å². The van der Waals surface area contributed by atoms with Crippen molar-refractivity contribution in [1.29, 1.82) is 0 Å². The number of aromatic nitrogens is 3. The zero-order chi connectivity index (χ0) is 18.1. The molecule has 0 saturated carbocycles. The summed E-state index contributed by atoms with van der Waals surface area (Å²) in [4.78, 5) is 12.9. The molecule has 0 aliphatic heterocycles. The summed E-state index contributed by atoms with van der Waals surface area (Å²) in [5, 5.41) is 17.5. The van der Waals surface area contributed by atoms with E-state index in [1.54, 1.807) is 12.1 Å². The highest BCUT2D eigenvalue weighted by molar-refractivity contribution is 6.29. The van der Waals surface area contributed by atoms with Gasteiger partial charge in [-0.3, -0.25) is 0 Å². The Hall–Kier alpha value is -3.18. The second-order valence-corrected chi connectivity index (χ2v) is 6.24. The van der Waals surface area contributed by atoms with Crippen LogP contribution in [0.5, 0.6) is 5.88 Å². The summed E-state index contributed by atoms with van der Waals surface area (Å²) in [5.74, 6) is -0.353. The van der Waals surface area contributed by atoms with Gasteiger partial charge in [-0.25, -0.2) is 9.36 Å². The predicted molar refractivity (Wildman–Crippen MR) is 96.7 cm³/mol. The second-order valence-electron chi connectivity index (χ2n) is 5.85. The molecule has 2 aromatic heterocycles. The fraction of sp³-hybridized carbons (Fsp3) is 0.0500. The van der Waals surface area contributed by atoms with Crippen molar-refractivity contribution >= 4 is 17.2 Å². The molecule has 6 heteroatoms. The number of hydrogen-bond acceptors (Lipinski definition) is 3. The van der Waals surface area contributed by atoms with Crippen molar-refractivity contribution < 1.29 is 9.67 Å². The van der Waals surface area contributed by atoms with E-state index in [0.29, 0.717) is 11.3 Å². The molecule has 0 saturated heterocycles. The Bertz CT molecular complexity index is 1140. The summed E-state index contributed by atoms with van der Waals surface area (Å²) in [6, 6.07) is 21.7. The number of para-hydroxylation sites is 1. The second kappa shape index (κ2) is 6.61. The molecular weight excluding hydrogens is 350 g/mol. The van der Waals surface area contributed by atoms with E-state index in [1.807, 2.05) is 60.7 Å². The molecule has 4 aromatic rings. The van der Waals surface area contributed by atoms with Crippen LogP contribution in [0.4, 0.5) is 0 Å². The number of nitrogens with zero attached hydrogens (tertiary/aromatic N) is 3. The summed E-state index contributed by atoms with van der Waals surface area (Å²) in [6.45, 7) is 0. The van der Waals surface area contributed by atoms with Gasteiger partial charge in [0, 0.05) is 12.5 Å². The molecule has 0 radical (unpaired) electrons. The molecule has 0 bridgehead atoms. The van der Waals surface area contributed by atoms with Gasteiger partial charge in [0.1, 0.15) is 5.69 Å². The molecular formula is C20H14ClN3O2. The number of halogens is 1. The van der Waals surface area contributed by atoms with Gasteiger partial charge in [0.15, 0.2) is 5.15 Å². The number of hydrogen-bond donors (Lipinski definition) is 0. The van der Waals surface area contributed by atoms with Gasteiger partial charge in [0.25, 0.3) is 0 Å². The predicted octanol–water partition coefficient (Wildman–Crippen LogP) is 2.29. The van der Waals surface area contributed by atoms with Gasteiger partial charge >= 0.3 is 11.2 Å². The molecule has 0 spiro atoms. The lowest BCUT2D eigenvalue weighted by Crippen LogP contribution is -2.43. The third-order valence-corrected chi connectivity index (χ3v) is 4.36. The zero-order valence-electron chi connectivity index (χ0n) is 13.7. The van der Waals surface area contributed by atoms with Crippen LogP contribution in [0.25, 0.3) is 11.3 Å². The minimum absolute atomic E-state index is 0.146. The smallest absolute Gasteiger partial charge is 0.366 e. The highest BCUT2D eigenvalue weighted by Gasteiger charge is 2.21. The molecule has 5 nitrogen and oxygen atoms in total. The van der Waals surface area contributed by atoms with Crippen LogP contribution >= 0.6 is 11.6 Å². The van der Waals surface area contributed by atoms with E-state index in [9.17, 15) is 9.90 Å². The molecule has 0 unspecified atom stereocenters. The van der Waals surface area contributed by atoms with Crippen molar-refractivity contribution in [2.75, 3.05) is 0 Å². The molecule has 26 heavy (non-hydrogen) atoms. The zero-order valence-corrected chi connectivity index (χ0v) is 14.4. The number of rotatable bonds is 3. The van der Waals surface area contributed by atoms with E-state index < -0.39 is 5.56 Å². The first-order chi connectivity index (χ1) is 12.6. The Morgan fingerprint density at radius 1 is 0.962 bits per heavy atom. The Balaban J connectivity index is 2.05. The van der Waals surface area contributed by atoms with Gasteiger partial charge in [0.05, 0.1) is 11.4 Å². The fourth-order valence-corrected chi connectivity index (χ4v) is 3.09. The highest BCUT2D eigenvalue weighted by Crippen LogP contribution is 2.15. The van der Waals surface area contributed by atoms with Crippen molar-refractivity contribution in [2.24, 2.45) is 0 Å². The van der Waals surface area contributed by atoms with Gasteiger partial charge < -0.3 is 5.11 Å². The van der Waals surface area contributed by atoms with Crippen LogP contribution in [-0.2, 0) is 6.42 Å². The molecule has 0 amide bonds. The molecule has 128 valence electrons. The number of fused-ring (bicyclic) bond motifs is 1. The van der Waals surface area contributed by atoms with Crippen LogP contribution in [0.2, 0.25) is 5.15 Å². The normalized spacial score (nSPS) is 11.0. The van der Waals surface area contributed by atoms with Crippen LogP contribution in [0.15, 0.2) is 77.6 Å². The van der Waals surface area contributed by atoms with Crippen molar-refractivity contribution in [3.63, 3.8) is 0 Å². The van der Waals surface area contributed by atoms with Gasteiger partial charge in [-0.15, -0.1) is 0 Å². The lowest BCUT2D eigenvalue weighted by atomic mass is 10.1. The maximum absolute atomic E-state index is 13.2. The lowest BCUT2D eigenvalue weighted by Gasteiger charge is -2.16. The molecule has 0 atom stereocenters. The first kappa shape index (κ1) is 16.3. The van der Waals surface area contributed by atoms with Crippen LogP contribution in [0.3, 0.4) is 0 Å². The molecule has 0 aliphatic carbocycles. The third kappa shape index (κ3) is 2.82. The first-order valence-corrected chi connectivity index (χ1v) is 8.46. The summed E-state index contributed by atoms with van der Waals surface area (Å²) in [5.41, 5.74) is 1.60. The molecule has 0 fully saturated rings. The van der Waals surface area contributed by atoms with Gasteiger partial charge in [-0.2, -0.15) is 0 Å². The molecule has 0 aliphatic rings. The van der Waals surface area contributed by atoms with Crippen LogP contribution in [0.1, 0.15) is 11.1 Å². The van der Waals surface area contributed by atoms with Gasteiger partial charge in [-0.1, -0.05) is 69.7 Å². The quantitative estimate of drug-likeness (QED) is 0.525. The number of benzene rings is 2. The largest absolute Gasteiger partial charge is 0.842 e. The van der Waals surface area contributed by atoms with E-state index in [0.717, 1.165) is 5.56 Å². The average Bonchev–Trinajstić information content (AvgIpc) is 2.67. The van der Waals surface area contributed by atoms with Crippen molar-refractivity contribution in [3.8, 4) is 11.6 Å². The fourth-order valence-electron chi connectivity index (χ4n) is 2.95. The van der Waals surface area contributed by atoms with E-state index in [1.165, 1.54) is 9.08 Å². The Morgan fingerprint density at radius 3 is 2.31 bits per heavy atom. The monoisotopic (exact) mass is 363 g/mol. The lowest BCUT2D eigenvalue weighted by molar-refractivity contribution is -0.632. The van der Waals surface area contributed by atoms with Gasteiger partial charge in [-0.05, 0) is 23.8 Å². The Kier molecular flexibility index (Phi) is 4.14. The van der Waals surface area contributed by atoms with Crippen LogP contribution in [-0.4, -0.2) is 9.61 Å². The summed E-state index contributed by atoms with van der Waals surface area (Å²) >= 11 is 5.98. The summed E-state index contributed by atoms with van der Waals surface area (Å²) in [7, 11) is 0. The topological polar surface area (TPSA) is 61.3 Å². The van der Waals surface area contributed by atoms with Crippen molar-refractivity contribution in [1.82, 2.24) is 9.61 Å². The van der Waals surface area contributed by atoms with Gasteiger partial charge in [0.2, 0.25) is 0 Å². The maximum atomic E-state index is 13.2. The average molecular weight is 364 g/mol. The summed E-state index contributed by atoms with van der Waals surface area (Å²) in [6.07, 6.45) is 0.225. The maximum Gasteiger partial charge on any atom is 0.366 e. The standard InChI is InChI=1S/C20H14ClN3O2/c21-17-11-12-18-23(15-9-5-2-6-10-15)19(25)16(20(26)24(18)22-17)13-14-7-3-1-4-8-14/h1-12H,13H2. The third-order valence-electron chi connectivity index (χ3n) is 4.16. The summed E-state index contributed by atoms with van der Waals surface area (Å²) < 4.78 is 2.68. The molecule has 2 aromatic carbocycles. The Morgan fingerprint density at radius 2 is 1.62 bits per heavy atom. The van der Waals surface area contributed by atoms with E-state index in [-0.39, 0.29) is 23.0 Å². The minimum Gasteiger partial charge on any atom is -0.842 e. The van der Waals surface area contributed by atoms with E-state index in [4.69, 9.17) is 11.6 Å². The van der Waals surface area contributed by atoms with Crippen molar-refractivity contribution in [2.45, 2.75) is 6.42 Å². The molecule has 4 rings (SSSR count). The van der Waals surface area contributed by atoms with E-state index in [2.05, 4.69) is 5.10 Å². The Labute approximate surface area is 154 Å². The first-order valence-electron chi connectivity index (χ1n) is 8.08. The SMILES string of the molecule is O=c1c(Cc2ccccc2)c([O-])[n+](-c2ccccc2)c2ccc(Cl)nn12. The highest BCUT2D eigenvalue weighted by atomic mass is 35.5. The molecule has 2 heterocycles. The van der Waals surface area contributed by atoms with Crippen molar-refractivity contribution in [3.05, 3.63) is 99.4 Å². The van der Waals surface area contributed by atoms with Crippen LogP contribution in [0, 0.1) is 0 Å².